The van der Waals surface area contributed by atoms with Gasteiger partial charge in [0, 0.05) is 5.56 Å². The first-order valence-electron chi connectivity index (χ1n) is 7.06. The summed E-state index contributed by atoms with van der Waals surface area (Å²) in [5.41, 5.74) is 7.88. The van der Waals surface area contributed by atoms with Gasteiger partial charge in [-0.25, -0.2) is 9.97 Å². The molecule has 1 aromatic heterocycles. The predicted molar refractivity (Wildman–Crippen MR) is 87.4 cm³/mol. The summed E-state index contributed by atoms with van der Waals surface area (Å²) < 4.78 is 5.79. The smallest absolute Gasteiger partial charge is 0.161 e. The number of benzene rings is 2. The second kappa shape index (κ2) is 6.58. The Hall–Kier alpha value is -3.39. The molecule has 23 heavy (non-hydrogen) atoms. The van der Waals surface area contributed by atoms with E-state index in [0.29, 0.717) is 12.4 Å². The first kappa shape index (κ1) is 14.5. The molecule has 3 rings (SSSR count). The van der Waals surface area contributed by atoms with E-state index in [0.717, 1.165) is 16.9 Å². The molecule has 1 heterocycles. The molecule has 0 unspecified atom stereocenters. The minimum Gasteiger partial charge on any atom is -0.489 e. The number of nitrogen functional groups attached to an aromatic ring is 1. The zero-order chi connectivity index (χ0) is 16.1. The summed E-state index contributed by atoms with van der Waals surface area (Å²) in [6.07, 6.45) is 1.43. The van der Waals surface area contributed by atoms with Crippen LogP contribution in [-0.4, -0.2) is 9.97 Å². The third-order valence-electron chi connectivity index (χ3n) is 3.28. The molecule has 0 aliphatic rings. The van der Waals surface area contributed by atoms with Crippen LogP contribution < -0.4 is 10.5 Å². The molecule has 0 spiro atoms. The van der Waals surface area contributed by atoms with Crippen LogP contribution in [0.4, 0.5) is 5.82 Å². The van der Waals surface area contributed by atoms with E-state index in [9.17, 15) is 0 Å². The Balaban J connectivity index is 1.80. The van der Waals surface area contributed by atoms with Gasteiger partial charge in [-0.2, -0.15) is 5.26 Å². The van der Waals surface area contributed by atoms with E-state index in [1.165, 1.54) is 6.20 Å². The summed E-state index contributed by atoms with van der Waals surface area (Å²) in [6, 6.07) is 19.3. The quantitative estimate of drug-likeness (QED) is 0.800. The van der Waals surface area contributed by atoms with Crippen LogP contribution >= 0.6 is 0 Å². The van der Waals surface area contributed by atoms with Crippen molar-refractivity contribution >= 4 is 5.82 Å². The van der Waals surface area contributed by atoms with Gasteiger partial charge in [-0.05, 0) is 17.7 Å². The van der Waals surface area contributed by atoms with Crippen molar-refractivity contribution in [1.82, 2.24) is 9.97 Å². The Bertz CT molecular complexity index is 856. The van der Waals surface area contributed by atoms with Crippen LogP contribution in [0.3, 0.4) is 0 Å². The van der Waals surface area contributed by atoms with Crippen molar-refractivity contribution in [3.63, 3.8) is 0 Å². The lowest BCUT2D eigenvalue weighted by atomic mass is 10.2. The lowest BCUT2D eigenvalue weighted by molar-refractivity contribution is 0.306. The summed E-state index contributed by atoms with van der Waals surface area (Å²) in [7, 11) is 0. The van der Waals surface area contributed by atoms with Crippen LogP contribution in [0.2, 0.25) is 0 Å². The maximum Gasteiger partial charge on any atom is 0.161 e. The number of nitriles is 1. The molecular formula is C18H14N4O. The van der Waals surface area contributed by atoms with E-state index in [4.69, 9.17) is 15.7 Å². The van der Waals surface area contributed by atoms with E-state index < -0.39 is 0 Å². The normalized spacial score (nSPS) is 10.0. The maximum absolute atomic E-state index is 8.87. The van der Waals surface area contributed by atoms with Gasteiger partial charge < -0.3 is 10.5 Å². The van der Waals surface area contributed by atoms with E-state index in [2.05, 4.69) is 9.97 Å². The van der Waals surface area contributed by atoms with E-state index in [-0.39, 0.29) is 11.4 Å². The Morgan fingerprint density at radius 3 is 2.65 bits per heavy atom. The highest BCUT2D eigenvalue weighted by atomic mass is 16.5. The molecule has 0 amide bonds. The van der Waals surface area contributed by atoms with Crippen LogP contribution in [-0.2, 0) is 6.61 Å². The van der Waals surface area contributed by atoms with E-state index in [1.54, 1.807) is 0 Å². The fourth-order valence-electron chi connectivity index (χ4n) is 2.09. The Morgan fingerprint density at radius 2 is 1.91 bits per heavy atom. The molecule has 0 atom stereocenters. The second-order valence-corrected chi connectivity index (χ2v) is 4.91. The molecule has 0 aliphatic heterocycles. The topological polar surface area (TPSA) is 84.8 Å². The van der Waals surface area contributed by atoms with Gasteiger partial charge in [0.05, 0.1) is 6.20 Å². The minimum absolute atomic E-state index is 0.174. The molecule has 2 aromatic carbocycles. The average Bonchev–Trinajstić information content (AvgIpc) is 2.61. The van der Waals surface area contributed by atoms with Crippen LogP contribution in [0.5, 0.6) is 5.75 Å². The molecule has 0 aliphatic carbocycles. The zero-order valence-corrected chi connectivity index (χ0v) is 12.3. The second-order valence-electron chi connectivity index (χ2n) is 4.91. The van der Waals surface area contributed by atoms with Gasteiger partial charge in [0.25, 0.3) is 0 Å². The van der Waals surface area contributed by atoms with Gasteiger partial charge in [-0.15, -0.1) is 0 Å². The molecular weight excluding hydrogens is 288 g/mol. The molecule has 0 fully saturated rings. The summed E-state index contributed by atoms with van der Waals surface area (Å²) in [5.74, 6) is 1.36. The fraction of sp³-hybridized carbons (Fsp3) is 0.0556. The largest absolute Gasteiger partial charge is 0.489 e. The third-order valence-corrected chi connectivity index (χ3v) is 3.28. The van der Waals surface area contributed by atoms with Gasteiger partial charge in [-0.1, -0.05) is 42.5 Å². The number of rotatable bonds is 4. The van der Waals surface area contributed by atoms with Crippen molar-refractivity contribution in [3.8, 4) is 23.2 Å². The van der Waals surface area contributed by atoms with Gasteiger partial charge in [0.1, 0.15) is 29.8 Å². The Morgan fingerprint density at radius 1 is 1.09 bits per heavy atom. The first-order valence-corrected chi connectivity index (χ1v) is 7.06. The average molecular weight is 302 g/mol. The highest BCUT2D eigenvalue weighted by Gasteiger charge is 2.07. The summed E-state index contributed by atoms with van der Waals surface area (Å²) >= 11 is 0. The summed E-state index contributed by atoms with van der Waals surface area (Å²) in [4.78, 5) is 8.33. The molecule has 2 N–H and O–H groups in total. The SMILES string of the molecule is N#Cc1cnc(-c2cccc(OCc3ccccc3)c2)nc1N. The van der Waals surface area contributed by atoms with Crippen molar-refractivity contribution < 1.29 is 4.74 Å². The molecule has 0 saturated heterocycles. The van der Waals surface area contributed by atoms with Gasteiger partial charge in [0.2, 0.25) is 0 Å². The van der Waals surface area contributed by atoms with Crippen LogP contribution in [0.15, 0.2) is 60.8 Å². The lowest BCUT2D eigenvalue weighted by Crippen LogP contribution is -1.99. The fourth-order valence-corrected chi connectivity index (χ4v) is 2.09. The minimum atomic E-state index is 0.174. The van der Waals surface area contributed by atoms with Crippen molar-refractivity contribution in [2.24, 2.45) is 0 Å². The number of nitrogens with two attached hydrogens (primary N) is 1. The predicted octanol–water partition coefficient (Wildman–Crippen LogP) is 3.18. The lowest BCUT2D eigenvalue weighted by Gasteiger charge is -2.08. The number of ether oxygens (including phenoxy) is 1. The number of hydrogen-bond donors (Lipinski definition) is 1. The Kier molecular flexibility index (Phi) is 4.16. The van der Waals surface area contributed by atoms with Gasteiger partial charge in [0.15, 0.2) is 5.82 Å². The van der Waals surface area contributed by atoms with E-state index in [1.807, 2.05) is 60.7 Å². The van der Waals surface area contributed by atoms with Crippen molar-refractivity contribution in [3.05, 3.63) is 71.9 Å². The monoisotopic (exact) mass is 302 g/mol. The number of anilines is 1. The van der Waals surface area contributed by atoms with Gasteiger partial charge >= 0.3 is 0 Å². The Labute approximate surface area is 134 Å². The van der Waals surface area contributed by atoms with Crippen LogP contribution in [0.25, 0.3) is 11.4 Å². The highest BCUT2D eigenvalue weighted by molar-refractivity contribution is 5.60. The van der Waals surface area contributed by atoms with Crippen molar-refractivity contribution in [1.29, 1.82) is 5.26 Å². The first-order chi connectivity index (χ1) is 11.3. The molecule has 5 nitrogen and oxygen atoms in total. The number of hydrogen-bond acceptors (Lipinski definition) is 5. The molecule has 0 radical (unpaired) electrons. The highest BCUT2D eigenvalue weighted by Crippen LogP contribution is 2.23. The standard InChI is InChI=1S/C18H14N4O/c19-10-15-11-21-18(22-17(15)20)14-7-4-8-16(9-14)23-12-13-5-2-1-3-6-13/h1-9,11H,12H2,(H2,20,21,22). The van der Waals surface area contributed by atoms with Crippen LogP contribution in [0.1, 0.15) is 11.1 Å². The number of nitrogens with zero attached hydrogens (tertiary/aromatic N) is 3. The molecule has 3 aromatic rings. The third kappa shape index (κ3) is 3.44. The summed E-state index contributed by atoms with van der Waals surface area (Å²) in [5, 5.41) is 8.87. The molecule has 112 valence electrons. The van der Waals surface area contributed by atoms with Gasteiger partial charge in [-0.3, -0.25) is 0 Å². The maximum atomic E-state index is 8.87. The van der Waals surface area contributed by atoms with E-state index >= 15 is 0 Å². The molecule has 5 heteroatoms. The van der Waals surface area contributed by atoms with Crippen molar-refractivity contribution in [2.75, 3.05) is 5.73 Å². The number of aromatic nitrogens is 2. The van der Waals surface area contributed by atoms with Crippen molar-refractivity contribution in [2.45, 2.75) is 6.61 Å². The molecule has 0 bridgehead atoms. The molecule has 0 saturated carbocycles. The zero-order valence-electron chi connectivity index (χ0n) is 12.3. The summed E-state index contributed by atoms with van der Waals surface area (Å²) in [6.45, 7) is 0.487. The van der Waals surface area contributed by atoms with Crippen LogP contribution in [0, 0.1) is 11.3 Å².